The highest BCUT2D eigenvalue weighted by molar-refractivity contribution is 9.11. The van der Waals surface area contributed by atoms with Gasteiger partial charge in [0.25, 0.3) is 0 Å². The van der Waals surface area contributed by atoms with E-state index in [4.69, 9.17) is 9.47 Å². The van der Waals surface area contributed by atoms with Gasteiger partial charge in [0.1, 0.15) is 16.0 Å². The Morgan fingerprint density at radius 2 is 1.96 bits per heavy atom. The number of ether oxygens (including phenoxy) is 2. The van der Waals surface area contributed by atoms with Gasteiger partial charge in [-0.05, 0) is 55.6 Å². The monoisotopic (exact) mass is 470 g/mol. The number of carbonyl (C=O) groups excluding carboxylic acids is 1. The van der Waals surface area contributed by atoms with Crippen molar-refractivity contribution in [3.63, 3.8) is 0 Å². The van der Waals surface area contributed by atoms with E-state index < -0.39 is 0 Å². The number of carbonyl (C=O) groups is 1. The number of fused-ring (bicyclic) bond motifs is 1. The summed E-state index contributed by atoms with van der Waals surface area (Å²) in [5.41, 5.74) is 3.46. The maximum Gasteiger partial charge on any atom is 0.244 e. The van der Waals surface area contributed by atoms with Crippen LogP contribution in [0.15, 0.2) is 38.3 Å². The maximum atomic E-state index is 12.0. The van der Waals surface area contributed by atoms with Crippen LogP contribution in [0.25, 0.3) is 0 Å². The first-order chi connectivity index (χ1) is 12.0. The third-order valence-corrected chi connectivity index (χ3v) is 4.75. The fourth-order valence-corrected chi connectivity index (χ4v) is 3.32. The van der Waals surface area contributed by atoms with E-state index in [2.05, 4.69) is 42.4 Å². The number of amides is 1. The van der Waals surface area contributed by atoms with Gasteiger partial charge < -0.3 is 19.7 Å². The SMILES string of the molecule is O=C(Cc1ccc2c(c1)OCO2)N/N=C\c1cc(Br)c(O)c(Br)c1O. The van der Waals surface area contributed by atoms with Crippen molar-refractivity contribution in [3.8, 4) is 23.0 Å². The Morgan fingerprint density at radius 3 is 2.76 bits per heavy atom. The molecule has 0 atom stereocenters. The molecule has 3 rings (SSSR count). The molecule has 0 spiro atoms. The van der Waals surface area contributed by atoms with Gasteiger partial charge in [-0.2, -0.15) is 5.10 Å². The minimum atomic E-state index is -0.327. The van der Waals surface area contributed by atoms with Crippen molar-refractivity contribution in [2.24, 2.45) is 5.10 Å². The molecule has 1 aliphatic heterocycles. The van der Waals surface area contributed by atoms with Gasteiger partial charge in [0.05, 0.1) is 17.1 Å². The lowest BCUT2D eigenvalue weighted by Crippen LogP contribution is -2.19. The second-order valence-corrected chi connectivity index (χ2v) is 6.76. The summed E-state index contributed by atoms with van der Waals surface area (Å²) in [5, 5.41) is 23.4. The average molecular weight is 472 g/mol. The summed E-state index contributed by atoms with van der Waals surface area (Å²) in [6.45, 7) is 0.177. The normalized spacial score (nSPS) is 12.6. The molecule has 3 N–H and O–H groups in total. The lowest BCUT2D eigenvalue weighted by molar-refractivity contribution is -0.120. The van der Waals surface area contributed by atoms with Gasteiger partial charge in [0, 0.05) is 5.56 Å². The minimum Gasteiger partial charge on any atom is -0.506 e. The lowest BCUT2D eigenvalue weighted by atomic mass is 10.1. The zero-order valence-corrected chi connectivity index (χ0v) is 15.8. The van der Waals surface area contributed by atoms with Crippen molar-refractivity contribution < 1.29 is 24.5 Å². The Bertz CT molecular complexity index is 870. The van der Waals surface area contributed by atoms with E-state index in [1.807, 2.05) is 0 Å². The second-order valence-electron chi connectivity index (χ2n) is 5.12. The molecule has 0 aliphatic carbocycles. The molecular weight excluding hydrogens is 460 g/mol. The molecule has 1 heterocycles. The largest absolute Gasteiger partial charge is 0.506 e. The van der Waals surface area contributed by atoms with Gasteiger partial charge in [-0.15, -0.1) is 0 Å². The van der Waals surface area contributed by atoms with Crippen molar-refractivity contribution >= 4 is 44.0 Å². The van der Waals surface area contributed by atoms with Gasteiger partial charge in [0.15, 0.2) is 11.5 Å². The van der Waals surface area contributed by atoms with Gasteiger partial charge in [0.2, 0.25) is 12.7 Å². The molecule has 1 amide bonds. The summed E-state index contributed by atoms with van der Waals surface area (Å²) in [6.07, 6.45) is 1.39. The maximum absolute atomic E-state index is 12.0. The van der Waals surface area contributed by atoms with E-state index in [1.54, 1.807) is 18.2 Å². The summed E-state index contributed by atoms with van der Waals surface area (Å²) >= 11 is 6.23. The van der Waals surface area contributed by atoms with Crippen molar-refractivity contribution in [2.45, 2.75) is 6.42 Å². The summed E-state index contributed by atoms with van der Waals surface area (Å²) in [6, 6.07) is 6.74. The molecule has 0 fully saturated rings. The average Bonchev–Trinajstić information content (AvgIpc) is 3.05. The summed E-state index contributed by atoms with van der Waals surface area (Å²) < 4.78 is 11.0. The van der Waals surface area contributed by atoms with E-state index in [0.29, 0.717) is 21.5 Å². The summed E-state index contributed by atoms with van der Waals surface area (Å²) in [5.74, 6) is 0.626. The van der Waals surface area contributed by atoms with Gasteiger partial charge in [-0.1, -0.05) is 6.07 Å². The molecule has 0 aromatic heterocycles. The van der Waals surface area contributed by atoms with Gasteiger partial charge >= 0.3 is 0 Å². The smallest absolute Gasteiger partial charge is 0.244 e. The summed E-state index contributed by atoms with van der Waals surface area (Å²) in [7, 11) is 0. The van der Waals surface area contributed by atoms with Gasteiger partial charge in [-0.25, -0.2) is 5.43 Å². The molecular formula is C16H12Br2N2O5. The number of halogens is 2. The first-order valence-corrected chi connectivity index (χ1v) is 8.64. The third kappa shape index (κ3) is 3.88. The van der Waals surface area contributed by atoms with Crippen molar-refractivity contribution in [1.82, 2.24) is 5.43 Å². The molecule has 130 valence electrons. The molecule has 9 heteroatoms. The Morgan fingerprint density at radius 1 is 1.20 bits per heavy atom. The number of phenolic OH excluding ortho intramolecular Hbond substituents is 2. The van der Waals surface area contributed by atoms with Crippen molar-refractivity contribution in [2.75, 3.05) is 6.79 Å². The summed E-state index contributed by atoms with van der Waals surface area (Å²) in [4.78, 5) is 12.0. The molecule has 0 saturated carbocycles. The molecule has 0 saturated heterocycles. The Balaban J connectivity index is 1.64. The number of hydrogen-bond donors (Lipinski definition) is 3. The van der Waals surface area contributed by atoms with E-state index in [-0.39, 0.29) is 35.1 Å². The Kier molecular flexibility index (Phi) is 5.14. The molecule has 1 aliphatic rings. The highest BCUT2D eigenvalue weighted by Gasteiger charge is 2.15. The predicted octanol–water partition coefficient (Wildman–Crippen LogP) is 3.04. The van der Waals surface area contributed by atoms with Gasteiger partial charge in [-0.3, -0.25) is 4.79 Å². The zero-order valence-electron chi connectivity index (χ0n) is 12.6. The minimum absolute atomic E-state index is 0.114. The number of aromatic hydroxyl groups is 2. The number of nitrogens with one attached hydrogen (secondary N) is 1. The number of phenols is 2. The highest BCUT2D eigenvalue weighted by Crippen LogP contribution is 2.40. The fraction of sp³-hybridized carbons (Fsp3) is 0.125. The van der Waals surface area contributed by atoms with Crippen LogP contribution in [-0.2, 0) is 11.2 Å². The van der Waals surface area contributed by atoms with Crippen LogP contribution in [0, 0.1) is 0 Å². The van der Waals surface area contributed by atoms with E-state index in [9.17, 15) is 15.0 Å². The molecule has 0 bridgehead atoms. The standard InChI is InChI=1S/C16H12Br2N2O5/c17-10-5-9(15(22)14(18)16(10)23)6-19-20-13(21)4-8-1-2-11-12(3-8)25-7-24-11/h1-3,5-6,22-23H,4,7H2,(H,20,21)/b19-6-. The van der Waals surface area contributed by atoms with Crippen LogP contribution < -0.4 is 14.9 Å². The zero-order chi connectivity index (χ0) is 18.0. The third-order valence-electron chi connectivity index (χ3n) is 3.39. The van der Waals surface area contributed by atoms with Crippen LogP contribution in [-0.4, -0.2) is 29.1 Å². The van der Waals surface area contributed by atoms with Crippen molar-refractivity contribution in [1.29, 1.82) is 0 Å². The van der Waals surface area contributed by atoms with E-state index in [1.165, 1.54) is 12.3 Å². The van der Waals surface area contributed by atoms with Crippen LogP contribution in [0.5, 0.6) is 23.0 Å². The van der Waals surface area contributed by atoms with Crippen LogP contribution >= 0.6 is 31.9 Å². The lowest BCUT2D eigenvalue weighted by Gasteiger charge is -2.06. The number of hydrogen-bond acceptors (Lipinski definition) is 6. The van der Waals surface area contributed by atoms with Crippen LogP contribution in [0.2, 0.25) is 0 Å². The van der Waals surface area contributed by atoms with Crippen LogP contribution in [0.3, 0.4) is 0 Å². The van der Waals surface area contributed by atoms with E-state index >= 15 is 0 Å². The molecule has 2 aromatic carbocycles. The first-order valence-electron chi connectivity index (χ1n) is 7.06. The topological polar surface area (TPSA) is 100 Å². The molecule has 25 heavy (non-hydrogen) atoms. The molecule has 7 nitrogen and oxygen atoms in total. The Labute approximate surface area is 159 Å². The number of rotatable bonds is 4. The van der Waals surface area contributed by atoms with Crippen LogP contribution in [0.1, 0.15) is 11.1 Å². The van der Waals surface area contributed by atoms with Crippen LogP contribution in [0.4, 0.5) is 0 Å². The van der Waals surface area contributed by atoms with E-state index in [0.717, 1.165) is 5.56 Å². The fourth-order valence-electron chi connectivity index (χ4n) is 2.17. The predicted molar refractivity (Wildman–Crippen MR) is 97.2 cm³/mol. The number of benzene rings is 2. The molecule has 0 radical (unpaired) electrons. The first kappa shape index (κ1) is 17.6. The van der Waals surface area contributed by atoms with Crippen molar-refractivity contribution in [3.05, 3.63) is 44.3 Å². The second kappa shape index (κ2) is 7.32. The highest BCUT2D eigenvalue weighted by atomic mass is 79.9. The Hall–Kier alpha value is -2.26. The quantitative estimate of drug-likeness (QED) is 0.470. The molecule has 2 aromatic rings. The molecule has 0 unspecified atom stereocenters. The number of hydrazone groups is 1. The number of nitrogens with zero attached hydrogens (tertiary/aromatic N) is 1.